The monoisotopic (exact) mass is 214 g/mol. The van der Waals surface area contributed by atoms with Gasteiger partial charge >= 0.3 is 0 Å². The molecule has 0 spiro atoms. The highest BCUT2D eigenvalue weighted by Crippen LogP contribution is 2.13. The molecular weight excluding hydrogens is 188 g/mol. The molecule has 1 atom stereocenters. The number of aliphatic hydroxyl groups is 1. The van der Waals surface area contributed by atoms with Gasteiger partial charge in [-0.2, -0.15) is 0 Å². The third-order valence-electron chi connectivity index (χ3n) is 3.07. The van der Waals surface area contributed by atoms with Gasteiger partial charge in [0.25, 0.3) is 0 Å². The molecule has 0 aliphatic carbocycles. The number of hydrogen-bond acceptors (Lipinski definition) is 3. The second kappa shape index (κ2) is 5.83. The Kier molecular flexibility index (Phi) is 5.03. The lowest BCUT2D eigenvalue weighted by atomic mass is 9.98. The highest BCUT2D eigenvalue weighted by Gasteiger charge is 2.17. The number of nitrogens with one attached hydrogen (secondary N) is 1. The molecule has 1 saturated heterocycles. The molecule has 15 heavy (non-hydrogen) atoms. The van der Waals surface area contributed by atoms with Gasteiger partial charge in [0.2, 0.25) is 0 Å². The van der Waals surface area contributed by atoms with Crippen LogP contribution in [0.3, 0.4) is 0 Å². The van der Waals surface area contributed by atoms with E-state index >= 15 is 0 Å². The van der Waals surface area contributed by atoms with Gasteiger partial charge in [-0.1, -0.05) is 0 Å². The van der Waals surface area contributed by atoms with E-state index in [2.05, 4.69) is 17.3 Å². The van der Waals surface area contributed by atoms with Crippen LogP contribution in [0.5, 0.6) is 0 Å². The van der Waals surface area contributed by atoms with Gasteiger partial charge in [-0.25, -0.2) is 0 Å². The van der Waals surface area contributed by atoms with Crippen LogP contribution in [0.25, 0.3) is 0 Å². The van der Waals surface area contributed by atoms with Crippen molar-refractivity contribution in [3.05, 3.63) is 0 Å². The van der Waals surface area contributed by atoms with Crippen molar-refractivity contribution in [1.82, 2.24) is 10.2 Å². The van der Waals surface area contributed by atoms with Crippen LogP contribution in [0, 0.1) is 5.92 Å². The molecule has 3 nitrogen and oxygen atoms in total. The summed E-state index contributed by atoms with van der Waals surface area (Å²) in [4.78, 5) is 2.34. The Bertz CT molecular complexity index is 171. The molecule has 1 aliphatic rings. The summed E-state index contributed by atoms with van der Waals surface area (Å²) in [5, 5.41) is 13.1. The normalized spacial score (nSPS) is 23.4. The first-order valence-corrected chi connectivity index (χ1v) is 6.09. The average Bonchev–Trinajstić information content (AvgIpc) is 2.15. The molecule has 90 valence electrons. The zero-order valence-corrected chi connectivity index (χ0v) is 10.4. The molecule has 2 N–H and O–H groups in total. The fourth-order valence-electron chi connectivity index (χ4n) is 2.08. The Morgan fingerprint density at radius 3 is 2.73 bits per heavy atom. The molecule has 1 rings (SSSR count). The lowest BCUT2D eigenvalue weighted by Gasteiger charge is -2.29. The predicted molar refractivity (Wildman–Crippen MR) is 64.0 cm³/mol. The molecule has 0 bridgehead atoms. The second-order valence-corrected chi connectivity index (χ2v) is 5.54. The van der Waals surface area contributed by atoms with E-state index in [1.54, 1.807) is 0 Å². The standard InChI is InChI=1S/C12H26N2O/c1-12(2,15)6-8-14(3)10-11-5-4-7-13-9-11/h11,13,15H,4-10H2,1-3H3. The van der Waals surface area contributed by atoms with Crippen molar-refractivity contribution in [1.29, 1.82) is 0 Å². The van der Waals surface area contributed by atoms with Crippen molar-refractivity contribution >= 4 is 0 Å². The molecular formula is C12H26N2O. The molecule has 1 heterocycles. The largest absolute Gasteiger partial charge is 0.390 e. The smallest absolute Gasteiger partial charge is 0.0603 e. The van der Waals surface area contributed by atoms with E-state index < -0.39 is 5.60 Å². The first-order valence-electron chi connectivity index (χ1n) is 6.09. The quantitative estimate of drug-likeness (QED) is 0.719. The first-order chi connectivity index (χ1) is 6.97. The van der Waals surface area contributed by atoms with Crippen LogP contribution in [-0.2, 0) is 0 Å². The topological polar surface area (TPSA) is 35.5 Å². The van der Waals surface area contributed by atoms with E-state index in [9.17, 15) is 5.11 Å². The molecule has 3 heteroatoms. The summed E-state index contributed by atoms with van der Waals surface area (Å²) in [6.45, 7) is 8.24. The van der Waals surface area contributed by atoms with Crippen LogP contribution in [0.4, 0.5) is 0 Å². The fraction of sp³-hybridized carbons (Fsp3) is 1.00. The number of piperidine rings is 1. The maximum atomic E-state index is 9.63. The number of hydrogen-bond donors (Lipinski definition) is 2. The molecule has 1 fully saturated rings. The van der Waals surface area contributed by atoms with Gasteiger partial charge in [0.05, 0.1) is 5.60 Å². The van der Waals surface area contributed by atoms with Gasteiger partial charge in [-0.3, -0.25) is 0 Å². The molecule has 1 aliphatic heterocycles. The van der Waals surface area contributed by atoms with Crippen LogP contribution < -0.4 is 5.32 Å². The average molecular weight is 214 g/mol. The summed E-state index contributed by atoms with van der Waals surface area (Å²) in [6, 6.07) is 0. The van der Waals surface area contributed by atoms with Crippen LogP contribution >= 0.6 is 0 Å². The van der Waals surface area contributed by atoms with Crippen molar-refractivity contribution in [2.24, 2.45) is 5.92 Å². The SMILES string of the molecule is CN(CCC(C)(C)O)CC1CCCNC1. The van der Waals surface area contributed by atoms with Crippen molar-refractivity contribution in [2.75, 3.05) is 33.2 Å². The molecule has 1 unspecified atom stereocenters. The van der Waals surface area contributed by atoms with Crippen LogP contribution in [0.2, 0.25) is 0 Å². The number of nitrogens with zero attached hydrogens (tertiary/aromatic N) is 1. The molecule has 0 radical (unpaired) electrons. The minimum atomic E-state index is -0.529. The van der Waals surface area contributed by atoms with E-state index in [1.807, 2.05) is 13.8 Å². The summed E-state index contributed by atoms with van der Waals surface area (Å²) in [5.41, 5.74) is -0.529. The Hall–Kier alpha value is -0.120. The third kappa shape index (κ3) is 6.13. The lowest BCUT2D eigenvalue weighted by molar-refractivity contribution is 0.0585. The van der Waals surface area contributed by atoms with E-state index in [0.717, 1.165) is 32.0 Å². The summed E-state index contributed by atoms with van der Waals surface area (Å²) in [7, 11) is 2.15. The van der Waals surface area contributed by atoms with Gasteiger partial charge in [-0.05, 0) is 59.2 Å². The molecule has 0 aromatic rings. The van der Waals surface area contributed by atoms with Gasteiger partial charge in [-0.15, -0.1) is 0 Å². The third-order valence-corrected chi connectivity index (χ3v) is 3.07. The van der Waals surface area contributed by atoms with Gasteiger partial charge in [0, 0.05) is 13.1 Å². The zero-order valence-electron chi connectivity index (χ0n) is 10.4. The van der Waals surface area contributed by atoms with E-state index in [4.69, 9.17) is 0 Å². The Morgan fingerprint density at radius 1 is 1.47 bits per heavy atom. The van der Waals surface area contributed by atoms with E-state index in [-0.39, 0.29) is 0 Å². The Labute approximate surface area is 93.9 Å². The molecule has 0 aromatic carbocycles. The minimum absolute atomic E-state index is 0.529. The maximum absolute atomic E-state index is 9.63. The van der Waals surface area contributed by atoms with Crippen LogP contribution in [-0.4, -0.2) is 48.8 Å². The summed E-state index contributed by atoms with van der Waals surface area (Å²) >= 11 is 0. The highest BCUT2D eigenvalue weighted by molar-refractivity contribution is 4.73. The summed E-state index contributed by atoms with van der Waals surface area (Å²) in [5.74, 6) is 0.797. The first kappa shape index (κ1) is 12.9. The summed E-state index contributed by atoms with van der Waals surface area (Å²) < 4.78 is 0. The van der Waals surface area contributed by atoms with Gasteiger partial charge in [0.15, 0.2) is 0 Å². The van der Waals surface area contributed by atoms with Gasteiger partial charge in [0.1, 0.15) is 0 Å². The molecule has 0 aromatic heterocycles. The fourth-order valence-corrected chi connectivity index (χ4v) is 2.08. The number of rotatable bonds is 5. The minimum Gasteiger partial charge on any atom is -0.390 e. The van der Waals surface area contributed by atoms with Crippen molar-refractivity contribution < 1.29 is 5.11 Å². The Morgan fingerprint density at radius 2 is 2.20 bits per heavy atom. The lowest BCUT2D eigenvalue weighted by Crippen LogP contribution is -2.38. The van der Waals surface area contributed by atoms with Crippen LogP contribution in [0.1, 0.15) is 33.1 Å². The second-order valence-electron chi connectivity index (χ2n) is 5.54. The molecule has 0 saturated carbocycles. The van der Waals surface area contributed by atoms with E-state index in [1.165, 1.54) is 19.4 Å². The predicted octanol–water partition coefficient (Wildman–Crippen LogP) is 1.08. The van der Waals surface area contributed by atoms with Gasteiger partial charge < -0.3 is 15.3 Å². The highest BCUT2D eigenvalue weighted by atomic mass is 16.3. The van der Waals surface area contributed by atoms with E-state index in [0.29, 0.717) is 0 Å². The van der Waals surface area contributed by atoms with Crippen LogP contribution in [0.15, 0.2) is 0 Å². The summed E-state index contributed by atoms with van der Waals surface area (Å²) in [6.07, 6.45) is 3.51. The maximum Gasteiger partial charge on any atom is 0.0603 e. The Balaban J connectivity index is 2.14. The van der Waals surface area contributed by atoms with Crippen molar-refractivity contribution in [2.45, 2.75) is 38.7 Å². The van der Waals surface area contributed by atoms with Crippen molar-refractivity contribution in [3.63, 3.8) is 0 Å². The van der Waals surface area contributed by atoms with Crippen molar-refractivity contribution in [3.8, 4) is 0 Å². The zero-order chi connectivity index (χ0) is 11.3. The molecule has 0 amide bonds.